The van der Waals surface area contributed by atoms with Crippen molar-refractivity contribution in [2.75, 3.05) is 38.2 Å². The molecule has 204 valence electrons. The molecular formula is C28H34FN9O. The molecule has 1 unspecified atom stereocenters. The van der Waals surface area contributed by atoms with Crippen molar-refractivity contribution in [1.82, 2.24) is 39.3 Å². The third-order valence-electron chi connectivity index (χ3n) is 7.64. The minimum atomic E-state index is -0.517. The highest BCUT2D eigenvalue weighted by atomic mass is 19.1. The lowest BCUT2D eigenvalue weighted by Gasteiger charge is -2.45. The molecule has 39 heavy (non-hydrogen) atoms. The fourth-order valence-corrected chi connectivity index (χ4v) is 5.47. The molecule has 2 fully saturated rings. The molecule has 6 rings (SSSR count). The summed E-state index contributed by atoms with van der Waals surface area (Å²) < 4.78 is 22.3. The van der Waals surface area contributed by atoms with Gasteiger partial charge in [-0.25, -0.2) is 29.3 Å². The number of aromatic nitrogens is 6. The highest BCUT2D eigenvalue weighted by Crippen LogP contribution is 2.27. The second-order valence-electron chi connectivity index (χ2n) is 10.8. The van der Waals surface area contributed by atoms with Gasteiger partial charge in [0.15, 0.2) is 11.5 Å². The SMILES string of the molecule is Cc1nc2ncc(-c3nc(Nc4ccc(CN5CCN(C6COC6)CC5C)cn4)ncc3F)cc2n1C(C)C. The number of rotatable bonds is 7. The Labute approximate surface area is 227 Å². The van der Waals surface area contributed by atoms with E-state index in [0.717, 1.165) is 56.3 Å². The third kappa shape index (κ3) is 5.21. The molecule has 6 heterocycles. The number of fused-ring (bicyclic) bond motifs is 1. The Bertz CT molecular complexity index is 1470. The van der Waals surface area contributed by atoms with Crippen LogP contribution >= 0.6 is 0 Å². The van der Waals surface area contributed by atoms with Crippen molar-refractivity contribution in [3.63, 3.8) is 0 Å². The largest absolute Gasteiger partial charge is 0.378 e. The first-order valence-electron chi connectivity index (χ1n) is 13.5. The molecule has 0 amide bonds. The molecule has 0 aliphatic carbocycles. The smallest absolute Gasteiger partial charge is 0.229 e. The van der Waals surface area contributed by atoms with Crippen LogP contribution in [0.1, 0.15) is 38.2 Å². The standard InChI is InChI=1S/C28H34FN9O/c1-17(2)38-19(4)33-27-24(38)9-21(11-31-27)26-23(29)12-32-28(35-26)34-25-6-5-20(10-30-25)14-36-7-8-37(13-18(36)3)22-15-39-16-22/h5-6,9-12,17-18,22H,7-8,13-16H2,1-4H3,(H,30,32,34,35). The fraction of sp³-hybridized carbons (Fsp3) is 0.464. The molecule has 0 saturated carbocycles. The molecule has 2 aliphatic rings. The Morgan fingerprint density at radius 1 is 1.08 bits per heavy atom. The van der Waals surface area contributed by atoms with Gasteiger partial charge in [-0.05, 0) is 45.4 Å². The number of anilines is 2. The van der Waals surface area contributed by atoms with E-state index in [1.54, 1.807) is 6.20 Å². The molecule has 1 atom stereocenters. The number of nitrogens with one attached hydrogen (secondary N) is 1. The van der Waals surface area contributed by atoms with Crippen LogP contribution in [0.4, 0.5) is 16.2 Å². The zero-order valence-electron chi connectivity index (χ0n) is 22.8. The van der Waals surface area contributed by atoms with E-state index in [9.17, 15) is 4.39 Å². The van der Waals surface area contributed by atoms with Gasteiger partial charge in [0.05, 0.1) is 31.0 Å². The van der Waals surface area contributed by atoms with Gasteiger partial charge in [0.25, 0.3) is 0 Å². The molecule has 11 heteroatoms. The molecule has 4 aromatic heterocycles. The van der Waals surface area contributed by atoms with E-state index >= 15 is 0 Å². The summed E-state index contributed by atoms with van der Waals surface area (Å²) in [5.41, 5.74) is 3.36. The molecule has 0 aromatic carbocycles. The summed E-state index contributed by atoms with van der Waals surface area (Å²) in [5, 5.41) is 3.11. The summed E-state index contributed by atoms with van der Waals surface area (Å²) in [6, 6.07) is 7.11. The van der Waals surface area contributed by atoms with Crippen LogP contribution in [0.5, 0.6) is 0 Å². The van der Waals surface area contributed by atoms with Crippen molar-refractivity contribution in [2.24, 2.45) is 0 Å². The van der Waals surface area contributed by atoms with Crippen LogP contribution in [-0.4, -0.2) is 84.2 Å². The van der Waals surface area contributed by atoms with E-state index in [-0.39, 0.29) is 17.7 Å². The third-order valence-corrected chi connectivity index (χ3v) is 7.64. The van der Waals surface area contributed by atoms with Gasteiger partial charge in [-0.3, -0.25) is 9.80 Å². The molecule has 0 spiro atoms. The second-order valence-corrected chi connectivity index (χ2v) is 10.8. The number of imidazole rings is 1. The minimum absolute atomic E-state index is 0.175. The van der Waals surface area contributed by atoms with Gasteiger partial charge in [-0.15, -0.1) is 0 Å². The van der Waals surface area contributed by atoms with Crippen LogP contribution in [0, 0.1) is 12.7 Å². The summed E-state index contributed by atoms with van der Waals surface area (Å²) in [6.07, 6.45) is 4.65. The Balaban J connectivity index is 1.15. The van der Waals surface area contributed by atoms with E-state index in [4.69, 9.17) is 4.74 Å². The van der Waals surface area contributed by atoms with Crippen molar-refractivity contribution < 1.29 is 9.13 Å². The number of ether oxygens (including phenoxy) is 1. The zero-order valence-corrected chi connectivity index (χ0v) is 22.8. The molecule has 2 aliphatic heterocycles. The monoisotopic (exact) mass is 531 g/mol. The highest BCUT2D eigenvalue weighted by molar-refractivity contribution is 5.78. The number of aryl methyl sites for hydroxylation is 1. The highest BCUT2D eigenvalue weighted by Gasteiger charge is 2.32. The van der Waals surface area contributed by atoms with Gasteiger partial charge in [0.1, 0.15) is 17.3 Å². The number of piperazine rings is 1. The average Bonchev–Trinajstić information content (AvgIpc) is 3.22. The molecule has 4 aromatic rings. The van der Waals surface area contributed by atoms with Crippen molar-refractivity contribution >= 4 is 22.9 Å². The lowest BCUT2D eigenvalue weighted by molar-refractivity contribution is -0.0855. The molecule has 0 radical (unpaired) electrons. The summed E-state index contributed by atoms with van der Waals surface area (Å²) in [5.74, 6) is 1.22. The molecule has 0 bridgehead atoms. The van der Waals surface area contributed by atoms with Gasteiger partial charge in [-0.2, -0.15) is 0 Å². The number of nitrogens with zero attached hydrogens (tertiary/aromatic N) is 8. The van der Waals surface area contributed by atoms with E-state index in [2.05, 4.69) is 71.4 Å². The van der Waals surface area contributed by atoms with Crippen LogP contribution in [0.15, 0.2) is 36.8 Å². The van der Waals surface area contributed by atoms with Crippen molar-refractivity contribution in [2.45, 2.75) is 52.4 Å². The summed E-state index contributed by atoms with van der Waals surface area (Å²) in [7, 11) is 0. The number of hydrogen-bond donors (Lipinski definition) is 1. The van der Waals surface area contributed by atoms with Crippen molar-refractivity contribution in [1.29, 1.82) is 0 Å². The molecule has 1 N–H and O–H groups in total. The van der Waals surface area contributed by atoms with Crippen LogP contribution in [0.25, 0.3) is 22.4 Å². The normalized spacial score (nSPS) is 19.1. The van der Waals surface area contributed by atoms with Gasteiger partial charge in [-0.1, -0.05) is 6.07 Å². The van der Waals surface area contributed by atoms with Crippen molar-refractivity contribution in [3.05, 3.63) is 54.0 Å². The first-order chi connectivity index (χ1) is 18.9. The van der Waals surface area contributed by atoms with Crippen molar-refractivity contribution in [3.8, 4) is 11.3 Å². The Kier molecular flexibility index (Phi) is 6.96. The summed E-state index contributed by atoms with van der Waals surface area (Å²) in [6.45, 7) is 14.1. The van der Waals surface area contributed by atoms with Gasteiger partial charge in [0, 0.05) is 56.2 Å². The maximum absolute atomic E-state index is 14.8. The Morgan fingerprint density at radius 2 is 1.92 bits per heavy atom. The number of halogens is 1. The predicted molar refractivity (Wildman–Crippen MR) is 147 cm³/mol. The molecular weight excluding hydrogens is 497 g/mol. The summed E-state index contributed by atoms with van der Waals surface area (Å²) >= 11 is 0. The average molecular weight is 532 g/mol. The number of pyridine rings is 2. The van der Waals surface area contributed by atoms with E-state index in [0.29, 0.717) is 29.1 Å². The Hall–Kier alpha value is -3.54. The van der Waals surface area contributed by atoms with E-state index in [1.807, 2.05) is 25.3 Å². The first-order valence-corrected chi connectivity index (χ1v) is 13.5. The van der Waals surface area contributed by atoms with Crippen LogP contribution in [-0.2, 0) is 11.3 Å². The lowest BCUT2D eigenvalue weighted by Crippen LogP contribution is -2.59. The van der Waals surface area contributed by atoms with E-state index in [1.165, 1.54) is 6.20 Å². The first kappa shape index (κ1) is 25.7. The fourth-order valence-electron chi connectivity index (χ4n) is 5.47. The van der Waals surface area contributed by atoms with Crippen LogP contribution < -0.4 is 5.32 Å². The zero-order chi connectivity index (χ0) is 27.1. The molecule has 10 nitrogen and oxygen atoms in total. The molecule has 2 saturated heterocycles. The van der Waals surface area contributed by atoms with Crippen LogP contribution in [0.2, 0.25) is 0 Å². The maximum Gasteiger partial charge on any atom is 0.229 e. The van der Waals surface area contributed by atoms with Gasteiger partial charge in [0.2, 0.25) is 5.95 Å². The maximum atomic E-state index is 14.8. The topological polar surface area (TPSA) is 97.1 Å². The minimum Gasteiger partial charge on any atom is -0.378 e. The predicted octanol–water partition coefficient (Wildman–Crippen LogP) is 3.96. The second kappa shape index (κ2) is 10.6. The van der Waals surface area contributed by atoms with Gasteiger partial charge < -0.3 is 14.6 Å². The Morgan fingerprint density at radius 3 is 2.62 bits per heavy atom. The quantitative estimate of drug-likeness (QED) is 0.380. The lowest BCUT2D eigenvalue weighted by atomic mass is 10.1. The van der Waals surface area contributed by atoms with E-state index < -0.39 is 5.82 Å². The summed E-state index contributed by atoms with van der Waals surface area (Å²) in [4.78, 5) is 27.2. The van der Waals surface area contributed by atoms with Gasteiger partial charge >= 0.3 is 0 Å². The van der Waals surface area contributed by atoms with Crippen LogP contribution in [0.3, 0.4) is 0 Å². The number of hydrogen-bond acceptors (Lipinski definition) is 9.